The molecule has 0 bridgehead atoms. The van der Waals surface area contributed by atoms with Crippen molar-refractivity contribution in [3.05, 3.63) is 40.3 Å². The number of aliphatic hydroxyl groups is 1. The van der Waals surface area contributed by atoms with Crippen LogP contribution < -0.4 is 9.47 Å². The Balaban J connectivity index is 2.12. The number of methoxy groups -OCH3 is 1. The minimum absolute atomic E-state index is 0.411. The molecule has 1 aromatic carbocycles. The van der Waals surface area contributed by atoms with Gasteiger partial charge in [-0.2, -0.15) is 0 Å². The molecule has 1 aromatic heterocycles. The first-order valence-corrected chi connectivity index (χ1v) is 6.51. The number of aromatic nitrogens is 1. The Morgan fingerprint density at radius 3 is 2.83 bits per heavy atom. The number of hydrogen-bond donors (Lipinski definition) is 1. The van der Waals surface area contributed by atoms with Gasteiger partial charge < -0.3 is 14.6 Å². The molecule has 1 heterocycles. The van der Waals surface area contributed by atoms with Gasteiger partial charge in [0.05, 0.1) is 24.4 Å². The molecule has 2 aromatic rings. The second kappa shape index (κ2) is 5.84. The van der Waals surface area contributed by atoms with Gasteiger partial charge in [-0.05, 0) is 24.6 Å². The van der Waals surface area contributed by atoms with Gasteiger partial charge in [0, 0.05) is 5.38 Å². The minimum Gasteiger partial charge on any atom is -0.493 e. The fourth-order valence-corrected chi connectivity index (χ4v) is 2.07. The van der Waals surface area contributed by atoms with E-state index >= 15 is 0 Å². The van der Waals surface area contributed by atoms with Crippen LogP contribution in [0.1, 0.15) is 24.3 Å². The van der Waals surface area contributed by atoms with Crippen molar-refractivity contribution in [1.82, 2.24) is 4.98 Å². The van der Waals surface area contributed by atoms with Crippen molar-refractivity contribution >= 4 is 11.3 Å². The molecular formula is C13H15NO3S. The predicted molar refractivity (Wildman–Crippen MR) is 70.1 cm³/mol. The average Bonchev–Trinajstić information content (AvgIpc) is 2.89. The summed E-state index contributed by atoms with van der Waals surface area (Å²) in [5, 5.41) is 11.5. The van der Waals surface area contributed by atoms with E-state index in [1.165, 1.54) is 11.3 Å². The van der Waals surface area contributed by atoms with Crippen LogP contribution in [-0.2, 0) is 6.61 Å². The smallest absolute Gasteiger partial charge is 0.161 e. The summed E-state index contributed by atoms with van der Waals surface area (Å²) in [6, 6.07) is 5.40. The van der Waals surface area contributed by atoms with Crippen LogP contribution in [0.5, 0.6) is 11.5 Å². The van der Waals surface area contributed by atoms with Gasteiger partial charge in [0.1, 0.15) is 6.61 Å². The maximum Gasteiger partial charge on any atom is 0.161 e. The van der Waals surface area contributed by atoms with Crippen molar-refractivity contribution in [3.63, 3.8) is 0 Å². The maximum absolute atomic E-state index is 9.51. The highest BCUT2D eigenvalue weighted by Crippen LogP contribution is 2.30. The SMILES string of the molecule is COc1cc(C(C)O)ccc1OCc1cscn1. The highest BCUT2D eigenvalue weighted by atomic mass is 32.1. The van der Waals surface area contributed by atoms with Gasteiger partial charge in [-0.3, -0.25) is 0 Å². The summed E-state index contributed by atoms with van der Waals surface area (Å²) in [5.41, 5.74) is 3.46. The van der Waals surface area contributed by atoms with Crippen LogP contribution in [0.2, 0.25) is 0 Å². The molecule has 4 nitrogen and oxygen atoms in total. The van der Waals surface area contributed by atoms with E-state index in [2.05, 4.69) is 4.98 Å². The Morgan fingerprint density at radius 2 is 2.22 bits per heavy atom. The van der Waals surface area contributed by atoms with Crippen LogP contribution in [0.25, 0.3) is 0 Å². The molecule has 0 aliphatic carbocycles. The molecule has 0 radical (unpaired) electrons. The summed E-state index contributed by atoms with van der Waals surface area (Å²) in [5.74, 6) is 1.26. The Hall–Kier alpha value is -1.59. The molecule has 0 amide bonds. The Kier molecular flexibility index (Phi) is 4.17. The Labute approximate surface area is 110 Å². The summed E-state index contributed by atoms with van der Waals surface area (Å²) < 4.78 is 10.9. The van der Waals surface area contributed by atoms with E-state index in [0.29, 0.717) is 18.1 Å². The lowest BCUT2D eigenvalue weighted by atomic mass is 10.1. The van der Waals surface area contributed by atoms with Crippen LogP contribution in [0.4, 0.5) is 0 Å². The average molecular weight is 265 g/mol. The van der Waals surface area contributed by atoms with Crippen LogP contribution >= 0.6 is 11.3 Å². The van der Waals surface area contributed by atoms with Gasteiger partial charge >= 0.3 is 0 Å². The summed E-state index contributed by atoms with van der Waals surface area (Å²) in [6.45, 7) is 2.12. The first kappa shape index (κ1) is 12.9. The highest BCUT2D eigenvalue weighted by Gasteiger charge is 2.09. The zero-order chi connectivity index (χ0) is 13.0. The van der Waals surface area contributed by atoms with Crippen LogP contribution in [0.15, 0.2) is 29.1 Å². The molecule has 18 heavy (non-hydrogen) atoms. The summed E-state index contributed by atoms with van der Waals surface area (Å²) in [4.78, 5) is 4.15. The topological polar surface area (TPSA) is 51.6 Å². The number of nitrogens with zero attached hydrogens (tertiary/aromatic N) is 1. The standard InChI is InChI=1S/C13H15NO3S/c1-9(15)10-3-4-12(13(5-10)16-2)17-6-11-7-18-8-14-11/h3-5,7-9,15H,6H2,1-2H3. The molecule has 1 unspecified atom stereocenters. The van der Waals surface area contributed by atoms with Crippen LogP contribution in [-0.4, -0.2) is 17.2 Å². The fourth-order valence-electron chi connectivity index (χ4n) is 1.52. The molecule has 0 saturated carbocycles. The largest absolute Gasteiger partial charge is 0.493 e. The third-order valence-electron chi connectivity index (χ3n) is 2.53. The molecule has 5 heteroatoms. The molecule has 0 fully saturated rings. The van der Waals surface area contributed by atoms with Crippen molar-refractivity contribution in [1.29, 1.82) is 0 Å². The third kappa shape index (κ3) is 3.00. The second-order valence-electron chi connectivity index (χ2n) is 3.85. The fraction of sp³-hybridized carbons (Fsp3) is 0.308. The van der Waals surface area contributed by atoms with Crippen LogP contribution in [0, 0.1) is 0 Å². The van der Waals surface area contributed by atoms with Crippen molar-refractivity contribution < 1.29 is 14.6 Å². The first-order valence-electron chi connectivity index (χ1n) is 5.56. The number of benzene rings is 1. The lowest BCUT2D eigenvalue weighted by Crippen LogP contribution is -1.99. The van der Waals surface area contributed by atoms with E-state index in [9.17, 15) is 5.11 Å². The van der Waals surface area contributed by atoms with Gasteiger partial charge in [0.15, 0.2) is 11.5 Å². The van der Waals surface area contributed by atoms with Crippen molar-refractivity contribution in [3.8, 4) is 11.5 Å². The lowest BCUT2D eigenvalue weighted by Gasteiger charge is -2.12. The van der Waals surface area contributed by atoms with Gasteiger partial charge in [-0.25, -0.2) is 4.98 Å². The number of aliphatic hydroxyl groups excluding tert-OH is 1. The second-order valence-corrected chi connectivity index (χ2v) is 4.57. The lowest BCUT2D eigenvalue weighted by molar-refractivity contribution is 0.198. The van der Waals surface area contributed by atoms with E-state index in [-0.39, 0.29) is 0 Å². The van der Waals surface area contributed by atoms with Crippen molar-refractivity contribution in [2.45, 2.75) is 19.6 Å². The first-order chi connectivity index (χ1) is 8.70. The van der Waals surface area contributed by atoms with Crippen molar-refractivity contribution in [2.24, 2.45) is 0 Å². The molecule has 0 aliphatic heterocycles. The van der Waals surface area contributed by atoms with Crippen LogP contribution in [0.3, 0.4) is 0 Å². The normalized spacial score (nSPS) is 12.2. The minimum atomic E-state index is -0.522. The Bertz CT molecular complexity index is 497. The van der Waals surface area contributed by atoms with E-state index in [4.69, 9.17) is 9.47 Å². The molecule has 0 saturated heterocycles. The van der Waals surface area contributed by atoms with Gasteiger partial charge in [-0.15, -0.1) is 11.3 Å². The molecule has 1 atom stereocenters. The predicted octanol–water partition coefficient (Wildman–Crippen LogP) is 2.78. The maximum atomic E-state index is 9.51. The molecule has 0 aliphatic rings. The van der Waals surface area contributed by atoms with E-state index in [0.717, 1.165) is 11.3 Å². The zero-order valence-corrected chi connectivity index (χ0v) is 11.1. The zero-order valence-electron chi connectivity index (χ0n) is 10.3. The van der Waals surface area contributed by atoms with E-state index in [1.54, 1.807) is 31.7 Å². The highest BCUT2D eigenvalue weighted by molar-refractivity contribution is 7.07. The quantitative estimate of drug-likeness (QED) is 0.903. The molecule has 2 rings (SSSR count). The molecular weight excluding hydrogens is 250 g/mol. The summed E-state index contributed by atoms with van der Waals surface area (Å²) >= 11 is 1.54. The Morgan fingerprint density at radius 1 is 1.39 bits per heavy atom. The number of hydrogen-bond acceptors (Lipinski definition) is 5. The van der Waals surface area contributed by atoms with Crippen molar-refractivity contribution in [2.75, 3.05) is 7.11 Å². The van der Waals surface area contributed by atoms with Gasteiger partial charge in [0.2, 0.25) is 0 Å². The molecule has 96 valence electrons. The van der Waals surface area contributed by atoms with E-state index < -0.39 is 6.10 Å². The molecule has 1 N–H and O–H groups in total. The van der Waals surface area contributed by atoms with Gasteiger partial charge in [-0.1, -0.05) is 6.07 Å². The number of thiazole rings is 1. The summed E-state index contributed by atoms with van der Waals surface area (Å²) in [6.07, 6.45) is -0.522. The third-order valence-corrected chi connectivity index (χ3v) is 3.16. The monoisotopic (exact) mass is 265 g/mol. The number of ether oxygens (including phenoxy) is 2. The molecule has 0 spiro atoms. The number of rotatable bonds is 5. The van der Waals surface area contributed by atoms with E-state index in [1.807, 2.05) is 11.4 Å². The summed E-state index contributed by atoms with van der Waals surface area (Å²) in [7, 11) is 1.58. The van der Waals surface area contributed by atoms with Gasteiger partial charge in [0.25, 0.3) is 0 Å².